The van der Waals surface area contributed by atoms with Crippen molar-refractivity contribution in [3.63, 3.8) is 0 Å². The lowest BCUT2D eigenvalue weighted by Crippen LogP contribution is -2.18. The summed E-state index contributed by atoms with van der Waals surface area (Å²) in [6.45, 7) is 0. The third kappa shape index (κ3) is 3.47. The fraction of sp³-hybridized carbons (Fsp3) is 0.154. The topological polar surface area (TPSA) is 37.3 Å². The number of carboxylic acid groups (broad SMARTS) is 1. The zero-order chi connectivity index (χ0) is 16.0. The van der Waals surface area contributed by atoms with Gasteiger partial charge in [-0.25, -0.2) is 4.79 Å². The van der Waals surface area contributed by atoms with E-state index >= 15 is 0 Å². The van der Waals surface area contributed by atoms with Crippen molar-refractivity contribution in [2.75, 3.05) is 0 Å². The van der Waals surface area contributed by atoms with Crippen LogP contribution in [0.15, 0.2) is 30.3 Å². The number of rotatable bonds is 1. The van der Waals surface area contributed by atoms with Crippen LogP contribution in [0.5, 0.6) is 0 Å². The van der Waals surface area contributed by atoms with Crippen molar-refractivity contribution in [2.45, 2.75) is 7.59 Å². The van der Waals surface area contributed by atoms with E-state index < -0.39 is 13.6 Å². The summed E-state index contributed by atoms with van der Waals surface area (Å²) in [5.74, 6) is -1.27. The molecule has 8 heteroatoms. The number of carbonyl (C=O) groups is 1. The molecule has 0 saturated heterocycles. The summed E-state index contributed by atoms with van der Waals surface area (Å²) in [5.41, 5.74) is -0.336. The van der Waals surface area contributed by atoms with Crippen LogP contribution in [-0.2, 0) is 7.59 Å². The second-order valence-corrected chi connectivity index (χ2v) is 8.76. The van der Waals surface area contributed by atoms with Crippen molar-refractivity contribution < 1.29 is 9.90 Å². The average Bonchev–Trinajstić information content (AvgIpc) is 2.34. The maximum Gasteiger partial charge on any atom is 0.336 e. The first-order valence-electron chi connectivity index (χ1n) is 5.47. The fourth-order valence-corrected chi connectivity index (χ4v) is 3.12. The Morgan fingerprint density at radius 1 is 0.952 bits per heavy atom. The van der Waals surface area contributed by atoms with Crippen molar-refractivity contribution >= 4 is 86.3 Å². The number of hydrogen-bond donors (Lipinski definition) is 1. The van der Waals surface area contributed by atoms with E-state index in [1.165, 1.54) is 6.07 Å². The van der Waals surface area contributed by atoms with Gasteiger partial charge in [0.2, 0.25) is 7.59 Å². The van der Waals surface area contributed by atoms with Crippen LogP contribution in [-0.4, -0.2) is 11.1 Å². The molecule has 2 rings (SSSR count). The number of fused-ring (bicyclic) bond motifs is 1. The Kier molecular flexibility index (Phi) is 4.80. The number of halogens is 6. The van der Waals surface area contributed by atoms with E-state index in [2.05, 4.69) is 0 Å². The standard InChI is InChI=1S/C13H6Cl6O2/c14-12(15,16)8-5-6-3-1-2-4-7(6)9(11(20)21)10(8)13(17,18)19/h1-5H,(H,20,21). The minimum Gasteiger partial charge on any atom is -0.478 e. The highest BCUT2D eigenvalue weighted by molar-refractivity contribution is 6.69. The molecule has 0 radical (unpaired) electrons. The van der Waals surface area contributed by atoms with Gasteiger partial charge in [-0.1, -0.05) is 93.9 Å². The first kappa shape index (κ1) is 17.3. The van der Waals surface area contributed by atoms with Gasteiger partial charge in [0, 0.05) is 11.1 Å². The van der Waals surface area contributed by atoms with E-state index in [1.807, 2.05) is 0 Å². The van der Waals surface area contributed by atoms with Crippen molar-refractivity contribution in [3.8, 4) is 0 Å². The largest absolute Gasteiger partial charge is 0.478 e. The highest BCUT2D eigenvalue weighted by Crippen LogP contribution is 2.51. The Morgan fingerprint density at radius 3 is 2.00 bits per heavy atom. The normalized spacial score (nSPS) is 12.7. The molecule has 1 N–H and O–H groups in total. The summed E-state index contributed by atoms with van der Waals surface area (Å²) in [6, 6.07) is 8.19. The van der Waals surface area contributed by atoms with Gasteiger partial charge in [-0.15, -0.1) is 0 Å². The first-order chi connectivity index (χ1) is 9.53. The first-order valence-corrected chi connectivity index (χ1v) is 7.73. The number of carboxylic acids is 1. The Morgan fingerprint density at radius 2 is 1.52 bits per heavy atom. The molecule has 0 fully saturated rings. The van der Waals surface area contributed by atoms with Crippen LogP contribution in [0.25, 0.3) is 10.8 Å². The second-order valence-electron chi connectivity index (χ2n) is 4.20. The Hall–Kier alpha value is -0.0900. The number of hydrogen-bond acceptors (Lipinski definition) is 1. The molecule has 0 aromatic heterocycles. The molecule has 0 bridgehead atoms. The molecule has 0 saturated carbocycles. The van der Waals surface area contributed by atoms with Crippen LogP contribution < -0.4 is 0 Å². The molecular formula is C13H6Cl6O2. The fourth-order valence-electron chi connectivity index (χ4n) is 2.09. The van der Waals surface area contributed by atoms with Gasteiger partial charge in [-0.3, -0.25) is 0 Å². The molecule has 2 nitrogen and oxygen atoms in total. The number of benzene rings is 2. The average molecular weight is 407 g/mol. The van der Waals surface area contributed by atoms with Gasteiger partial charge < -0.3 is 5.11 Å². The third-order valence-corrected chi connectivity index (χ3v) is 4.03. The molecule has 0 amide bonds. The van der Waals surface area contributed by atoms with Gasteiger partial charge in [0.25, 0.3) is 0 Å². The molecule has 2 aromatic rings. The summed E-state index contributed by atoms with van der Waals surface area (Å²) in [6.07, 6.45) is 0. The summed E-state index contributed by atoms with van der Waals surface area (Å²) < 4.78 is -4.00. The molecule has 21 heavy (non-hydrogen) atoms. The molecule has 0 heterocycles. The van der Waals surface area contributed by atoms with Crippen molar-refractivity contribution in [2.24, 2.45) is 0 Å². The van der Waals surface area contributed by atoms with Gasteiger partial charge >= 0.3 is 5.97 Å². The molecule has 2 aromatic carbocycles. The van der Waals surface area contributed by atoms with Crippen LogP contribution >= 0.6 is 69.6 Å². The summed E-state index contributed by atoms with van der Waals surface area (Å²) in [7, 11) is 0. The lowest BCUT2D eigenvalue weighted by atomic mass is 9.95. The van der Waals surface area contributed by atoms with Crippen LogP contribution in [0.3, 0.4) is 0 Å². The molecule has 0 aliphatic rings. The van der Waals surface area contributed by atoms with Crippen LogP contribution in [0, 0.1) is 0 Å². The third-order valence-electron chi connectivity index (χ3n) is 2.85. The lowest BCUT2D eigenvalue weighted by Gasteiger charge is -2.24. The van der Waals surface area contributed by atoms with Crippen LogP contribution in [0.1, 0.15) is 21.5 Å². The van der Waals surface area contributed by atoms with Gasteiger partial charge in [-0.05, 0) is 16.8 Å². The molecule has 0 spiro atoms. The molecule has 0 aliphatic heterocycles. The molecule has 0 aliphatic carbocycles. The highest BCUT2D eigenvalue weighted by Gasteiger charge is 2.39. The van der Waals surface area contributed by atoms with Crippen molar-refractivity contribution in [3.05, 3.63) is 47.0 Å². The molecular weight excluding hydrogens is 401 g/mol. The van der Waals surface area contributed by atoms with E-state index in [-0.39, 0.29) is 16.7 Å². The highest BCUT2D eigenvalue weighted by atomic mass is 35.6. The Labute approximate surface area is 150 Å². The van der Waals surface area contributed by atoms with E-state index in [4.69, 9.17) is 69.6 Å². The SMILES string of the molecule is O=C(O)c1c(C(Cl)(Cl)Cl)c(C(Cl)(Cl)Cl)cc2ccccc12. The van der Waals surface area contributed by atoms with Gasteiger partial charge in [0.05, 0.1) is 5.56 Å². The summed E-state index contributed by atoms with van der Waals surface area (Å²) >= 11 is 35.5. The van der Waals surface area contributed by atoms with Crippen LogP contribution in [0.4, 0.5) is 0 Å². The number of aromatic carboxylic acids is 1. The van der Waals surface area contributed by atoms with E-state index in [0.29, 0.717) is 10.8 Å². The minimum absolute atomic E-state index is 0.0172. The maximum atomic E-state index is 11.7. The molecule has 112 valence electrons. The zero-order valence-corrected chi connectivity index (χ0v) is 14.5. The minimum atomic E-state index is -2.06. The zero-order valence-electron chi connectivity index (χ0n) is 10.0. The van der Waals surface area contributed by atoms with Crippen LogP contribution in [0.2, 0.25) is 0 Å². The van der Waals surface area contributed by atoms with Gasteiger partial charge in [-0.2, -0.15) is 0 Å². The van der Waals surface area contributed by atoms with Crippen molar-refractivity contribution in [1.29, 1.82) is 0 Å². The number of alkyl halides is 6. The lowest BCUT2D eigenvalue weighted by molar-refractivity contribution is 0.0698. The second kappa shape index (κ2) is 5.84. The van der Waals surface area contributed by atoms with E-state index in [9.17, 15) is 9.90 Å². The van der Waals surface area contributed by atoms with Gasteiger partial charge in [0.1, 0.15) is 0 Å². The quantitative estimate of drug-likeness (QED) is 0.573. The molecule has 0 atom stereocenters. The van der Waals surface area contributed by atoms with E-state index in [1.54, 1.807) is 24.3 Å². The molecule has 0 unspecified atom stereocenters. The predicted molar refractivity (Wildman–Crippen MR) is 89.4 cm³/mol. The predicted octanol–water partition coefficient (Wildman–Crippen LogP) is 6.19. The van der Waals surface area contributed by atoms with E-state index in [0.717, 1.165) is 0 Å². The monoisotopic (exact) mass is 404 g/mol. The maximum absolute atomic E-state index is 11.7. The Balaban J connectivity index is 3.06. The Bertz CT molecular complexity index is 715. The van der Waals surface area contributed by atoms with Crippen molar-refractivity contribution in [1.82, 2.24) is 0 Å². The van der Waals surface area contributed by atoms with Gasteiger partial charge in [0.15, 0.2) is 0 Å². The summed E-state index contributed by atoms with van der Waals surface area (Å²) in [4.78, 5) is 11.7. The smallest absolute Gasteiger partial charge is 0.336 e. The summed E-state index contributed by atoms with van der Waals surface area (Å²) in [5, 5.41) is 10.5.